The smallest absolute Gasteiger partial charge is 0.122 e. The van der Waals surface area contributed by atoms with Crippen LogP contribution in [-0.4, -0.2) is 30.7 Å². The Hall–Kier alpha value is -0.670. The fraction of sp³-hybridized carbons (Fsp3) is 0.647. The lowest BCUT2D eigenvalue weighted by Gasteiger charge is -2.24. The number of benzene rings is 1. The molecule has 2 nitrogen and oxygen atoms in total. The summed E-state index contributed by atoms with van der Waals surface area (Å²) in [7, 11) is 0. The topological polar surface area (TPSA) is 21.3 Å². The first-order valence-electron chi connectivity index (χ1n) is 7.92. The van der Waals surface area contributed by atoms with E-state index >= 15 is 0 Å². The predicted molar refractivity (Wildman–Crippen MR) is 86.9 cm³/mol. The number of hydrogen-bond acceptors (Lipinski definition) is 3. The van der Waals surface area contributed by atoms with Crippen LogP contribution in [0.15, 0.2) is 18.2 Å². The largest absolute Gasteiger partial charge is 0.493 e. The summed E-state index contributed by atoms with van der Waals surface area (Å²) in [5, 5.41) is 3.71. The minimum atomic E-state index is 0.694. The third kappa shape index (κ3) is 3.32. The zero-order valence-electron chi connectivity index (χ0n) is 12.4. The maximum Gasteiger partial charge on any atom is 0.122 e. The van der Waals surface area contributed by atoms with Crippen molar-refractivity contribution in [1.29, 1.82) is 0 Å². The number of nitrogens with one attached hydrogen (secondary N) is 1. The molecule has 1 saturated heterocycles. The van der Waals surface area contributed by atoms with E-state index in [1.54, 1.807) is 0 Å². The molecule has 1 fully saturated rings. The molecule has 2 atom stereocenters. The van der Waals surface area contributed by atoms with Crippen LogP contribution in [0.3, 0.4) is 0 Å². The summed E-state index contributed by atoms with van der Waals surface area (Å²) in [5.74, 6) is 4.67. The Labute approximate surface area is 126 Å². The van der Waals surface area contributed by atoms with Crippen LogP contribution in [-0.2, 0) is 12.8 Å². The van der Waals surface area contributed by atoms with Gasteiger partial charge in [0, 0.05) is 12.5 Å². The van der Waals surface area contributed by atoms with Crippen LogP contribution in [0, 0.1) is 5.92 Å². The first kappa shape index (κ1) is 14.3. The summed E-state index contributed by atoms with van der Waals surface area (Å²) in [6.07, 6.45) is 4.92. The van der Waals surface area contributed by atoms with Gasteiger partial charge in [0.05, 0.1) is 6.61 Å². The normalized spacial score (nSPS) is 22.6. The molecule has 1 aromatic rings. The van der Waals surface area contributed by atoms with Crippen LogP contribution < -0.4 is 10.1 Å². The summed E-state index contributed by atoms with van der Waals surface area (Å²) in [4.78, 5) is 0. The Morgan fingerprint density at radius 3 is 3.20 bits per heavy atom. The SMILES string of the molecule is CCNC(CCc1ccc2c(c1)CCO2)C1CCSC1. The molecule has 0 radical (unpaired) electrons. The number of aryl methyl sites for hydroxylation is 1. The fourth-order valence-corrected chi connectivity index (χ4v) is 4.69. The molecule has 110 valence electrons. The monoisotopic (exact) mass is 291 g/mol. The lowest BCUT2D eigenvalue weighted by molar-refractivity contribution is 0.356. The van der Waals surface area contributed by atoms with E-state index in [-0.39, 0.29) is 0 Å². The van der Waals surface area contributed by atoms with E-state index < -0.39 is 0 Å². The predicted octanol–water partition coefficient (Wildman–Crippen LogP) is 3.29. The van der Waals surface area contributed by atoms with Crippen molar-refractivity contribution >= 4 is 11.8 Å². The molecular weight excluding hydrogens is 266 g/mol. The second-order valence-corrected chi connectivity index (χ2v) is 7.02. The molecule has 0 aromatic heterocycles. The lowest BCUT2D eigenvalue weighted by atomic mass is 9.92. The molecule has 0 aliphatic carbocycles. The Morgan fingerprint density at radius 1 is 1.45 bits per heavy atom. The Morgan fingerprint density at radius 2 is 2.40 bits per heavy atom. The minimum Gasteiger partial charge on any atom is -0.493 e. The van der Waals surface area contributed by atoms with Crippen molar-refractivity contribution in [3.8, 4) is 5.75 Å². The Balaban J connectivity index is 1.58. The zero-order chi connectivity index (χ0) is 13.8. The number of rotatable bonds is 6. The fourth-order valence-electron chi connectivity index (χ4n) is 3.35. The van der Waals surface area contributed by atoms with Crippen molar-refractivity contribution in [1.82, 2.24) is 5.32 Å². The van der Waals surface area contributed by atoms with Crippen molar-refractivity contribution in [3.05, 3.63) is 29.3 Å². The molecule has 20 heavy (non-hydrogen) atoms. The van der Waals surface area contributed by atoms with Crippen LogP contribution in [0.25, 0.3) is 0 Å². The molecule has 0 spiro atoms. The molecule has 1 aromatic carbocycles. The van der Waals surface area contributed by atoms with Gasteiger partial charge in [-0.05, 0) is 60.4 Å². The van der Waals surface area contributed by atoms with Gasteiger partial charge >= 0.3 is 0 Å². The molecule has 2 heterocycles. The van der Waals surface area contributed by atoms with Crippen LogP contribution in [0.1, 0.15) is 30.9 Å². The first-order valence-corrected chi connectivity index (χ1v) is 9.08. The van der Waals surface area contributed by atoms with Crippen molar-refractivity contribution in [2.24, 2.45) is 5.92 Å². The van der Waals surface area contributed by atoms with Crippen LogP contribution in [0.4, 0.5) is 0 Å². The van der Waals surface area contributed by atoms with Crippen molar-refractivity contribution < 1.29 is 4.74 Å². The average Bonchev–Trinajstić information content (AvgIpc) is 3.13. The average molecular weight is 291 g/mol. The summed E-state index contributed by atoms with van der Waals surface area (Å²) in [5.41, 5.74) is 2.88. The van der Waals surface area contributed by atoms with Gasteiger partial charge in [-0.25, -0.2) is 0 Å². The number of thioether (sulfide) groups is 1. The van der Waals surface area contributed by atoms with Gasteiger partial charge < -0.3 is 10.1 Å². The van der Waals surface area contributed by atoms with Crippen molar-refractivity contribution in [2.75, 3.05) is 24.7 Å². The Kier molecular flexibility index (Phi) is 4.90. The van der Waals surface area contributed by atoms with Gasteiger partial charge in [-0.3, -0.25) is 0 Å². The van der Waals surface area contributed by atoms with Gasteiger partial charge in [0.15, 0.2) is 0 Å². The molecule has 3 rings (SSSR count). The van der Waals surface area contributed by atoms with E-state index in [4.69, 9.17) is 4.74 Å². The molecule has 2 aliphatic rings. The highest BCUT2D eigenvalue weighted by Crippen LogP contribution is 2.29. The summed E-state index contributed by atoms with van der Waals surface area (Å²) in [6.45, 7) is 4.17. The first-order chi connectivity index (χ1) is 9.86. The van der Waals surface area contributed by atoms with Crippen LogP contribution in [0.5, 0.6) is 5.75 Å². The standard InChI is InChI=1S/C17H25NOS/c1-2-18-16(15-8-10-20-12-15)5-3-13-4-6-17-14(11-13)7-9-19-17/h4,6,11,15-16,18H,2-3,5,7-10,12H2,1H3. The van der Waals surface area contributed by atoms with Gasteiger partial charge in [-0.15, -0.1) is 0 Å². The molecule has 1 N–H and O–H groups in total. The van der Waals surface area contributed by atoms with Crippen LogP contribution >= 0.6 is 11.8 Å². The van der Waals surface area contributed by atoms with E-state index in [9.17, 15) is 0 Å². The molecular formula is C17H25NOS. The van der Waals surface area contributed by atoms with Gasteiger partial charge in [0.25, 0.3) is 0 Å². The zero-order valence-corrected chi connectivity index (χ0v) is 13.2. The van der Waals surface area contributed by atoms with Gasteiger partial charge in [0.1, 0.15) is 5.75 Å². The third-order valence-electron chi connectivity index (χ3n) is 4.50. The van der Waals surface area contributed by atoms with Crippen molar-refractivity contribution in [2.45, 2.75) is 38.6 Å². The van der Waals surface area contributed by atoms with Gasteiger partial charge in [0.2, 0.25) is 0 Å². The third-order valence-corrected chi connectivity index (χ3v) is 5.69. The molecule has 3 heteroatoms. The molecule has 0 amide bonds. The number of hydrogen-bond donors (Lipinski definition) is 1. The molecule has 2 unspecified atom stereocenters. The lowest BCUT2D eigenvalue weighted by Crippen LogP contribution is -2.36. The quantitative estimate of drug-likeness (QED) is 0.869. The molecule has 0 bridgehead atoms. The number of ether oxygens (including phenoxy) is 1. The van der Waals surface area contributed by atoms with E-state index in [0.29, 0.717) is 6.04 Å². The Bertz CT molecular complexity index is 443. The van der Waals surface area contributed by atoms with E-state index in [2.05, 4.69) is 42.2 Å². The van der Waals surface area contributed by atoms with Gasteiger partial charge in [-0.1, -0.05) is 19.1 Å². The van der Waals surface area contributed by atoms with E-state index in [1.165, 1.54) is 41.9 Å². The highest BCUT2D eigenvalue weighted by molar-refractivity contribution is 7.99. The highest BCUT2D eigenvalue weighted by atomic mass is 32.2. The second kappa shape index (κ2) is 6.86. The summed E-state index contributed by atoms with van der Waals surface area (Å²) < 4.78 is 5.58. The van der Waals surface area contributed by atoms with E-state index in [1.807, 2.05) is 0 Å². The minimum absolute atomic E-state index is 0.694. The summed E-state index contributed by atoms with van der Waals surface area (Å²) >= 11 is 2.12. The van der Waals surface area contributed by atoms with E-state index in [0.717, 1.165) is 31.2 Å². The van der Waals surface area contributed by atoms with Gasteiger partial charge in [-0.2, -0.15) is 11.8 Å². The molecule has 2 aliphatic heterocycles. The van der Waals surface area contributed by atoms with Crippen LogP contribution in [0.2, 0.25) is 0 Å². The second-order valence-electron chi connectivity index (χ2n) is 5.87. The molecule has 0 saturated carbocycles. The number of fused-ring (bicyclic) bond motifs is 1. The maximum atomic E-state index is 5.58. The van der Waals surface area contributed by atoms with Crippen molar-refractivity contribution in [3.63, 3.8) is 0 Å². The summed E-state index contributed by atoms with van der Waals surface area (Å²) in [6, 6.07) is 7.45. The highest BCUT2D eigenvalue weighted by Gasteiger charge is 2.24. The maximum absolute atomic E-state index is 5.58.